The minimum atomic E-state index is -0.312. The van der Waals surface area contributed by atoms with Gasteiger partial charge in [-0.3, -0.25) is 4.79 Å². The highest BCUT2D eigenvalue weighted by atomic mass is 35.5. The molecule has 1 amide bonds. The first-order valence-electron chi connectivity index (χ1n) is 9.30. The molecule has 0 atom stereocenters. The normalized spacial score (nSPS) is 10.3. The van der Waals surface area contributed by atoms with Crippen LogP contribution < -0.4 is 19.5 Å². The lowest BCUT2D eigenvalue weighted by molar-refractivity contribution is 0.102. The molecule has 1 N–H and O–H groups in total. The molecule has 0 aliphatic rings. The number of rotatable bonds is 9. The van der Waals surface area contributed by atoms with E-state index in [0.29, 0.717) is 47.6 Å². The van der Waals surface area contributed by atoms with E-state index < -0.39 is 0 Å². The van der Waals surface area contributed by atoms with Gasteiger partial charge in [0.15, 0.2) is 0 Å². The number of para-hydroxylation sites is 2. The molecule has 0 radical (unpaired) electrons. The largest absolute Gasteiger partial charge is 0.492 e. The third-order valence-corrected chi connectivity index (χ3v) is 4.21. The summed E-state index contributed by atoms with van der Waals surface area (Å²) in [6, 6.07) is 21.6. The summed E-state index contributed by atoms with van der Waals surface area (Å²) >= 11 is 6.07. The van der Waals surface area contributed by atoms with Crippen LogP contribution in [0, 0.1) is 0 Å². The summed E-state index contributed by atoms with van der Waals surface area (Å²) in [6.07, 6.45) is 0. The van der Waals surface area contributed by atoms with Crippen LogP contribution in [-0.4, -0.2) is 25.7 Å². The zero-order chi connectivity index (χ0) is 20.5. The van der Waals surface area contributed by atoms with E-state index in [1.54, 1.807) is 36.4 Å². The van der Waals surface area contributed by atoms with E-state index >= 15 is 0 Å². The molecule has 0 bridgehead atoms. The van der Waals surface area contributed by atoms with Gasteiger partial charge in [-0.2, -0.15) is 0 Å². The van der Waals surface area contributed by atoms with Crippen molar-refractivity contribution in [1.82, 2.24) is 0 Å². The standard InChI is InChI=1S/C23H22ClNO4/c1-2-27-22-13-12-17(24)16-20(22)25-23(26)19-10-6-7-11-21(19)29-15-14-28-18-8-4-3-5-9-18/h3-13,16H,2,14-15H2,1H3,(H,25,26). The number of hydrogen-bond acceptors (Lipinski definition) is 4. The summed E-state index contributed by atoms with van der Waals surface area (Å²) in [4.78, 5) is 12.8. The Morgan fingerprint density at radius 2 is 1.59 bits per heavy atom. The number of nitrogens with one attached hydrogen (secondary N) is 1. The Morgan fingerprint density at radius 1 is 0.862 bits per heavy atom. The summed E-state index contributed by atoms with van der Waals surface area (Å²) in [6.45, 7) is 3.02. The second kappa shape index (κ2) is 10.4. The number of ether oxygens (including phenoxy) is 3. The number of benzene rings is 3. The third-order valence-electron chi connectivity index (χ3n) is 3.97. The second-order valence-electron chi connectivity index (χ2n) is 6.03. The average molecular weight is 412 g/mol. The summed E-state index contributed by atoms with van der Waals surface area (Å²) < 4.78 is 17.0. The van der Waals surface area contributed by atoms with Crippen LogP contribution in [0.1, 0.15) is 17.3 Å². The van der Waals surface area contributed by atoms with Crippen LogP contribution in [0.25, 0.3) is 0 Å². The zero-order valence-electron chi connectivity index (χ0n) is 16.1. The molecule has 0 saturated carbocycles. The van der Waals surface area contributed by atoms with Crippen molar-refractivity contribution in [3.8, 4) is 17.2 Å². The quantitative estimate of drug-likeness (QED) is 0.476. The monoisotopic (exact) mass is 411 g/mol. The van der Waals surface area contributed by atoms with Gasteiger partial charge < -0.3 is 19.5 Å². The minimum Gasteiger partial charge on any atom is -0.492 e. The minimum absolute atomic E-state index is 0.306. The maximum atomic E-state index is 12.8. The molecule has 0 aliphatic heterocycles. The van der Waals surface area contributed by atoms with Crippen LogP contribution in [-0.2, 0) is 0 Å². The fourth-order valence-corrected chi connectivity index (χ4v) is 2.85. The lowest BCUT2D eigenvalue weighted by Crippen LogP contribution is -2.16. The van der Waals surface area contributed by atoms with Gasteiger partial charge in [-0.05, 0) is 49.4 Å². The molecule has 0 unspecified atom stereocenters. The van der Waals surface area contributed by atoms with E-state index in [4.69, 9.17) is 25.8 Å². The Kier molecular flexibility index (Phi) is 7.36. The molecule has 0 aromatic heterocycles. The van der Waals surface area contributed by atoms with Crippen molar-refractivity contribution < 1.29 is 19.0 Å². The Bertz CT molecular complexity index is 947. The molecule has 0 aliphatic carbocycles. The Hall–Kier alpha value is -3.18. The highest BCUT2D eigenvalue weighted by Gasteiger charge is 2.15. The lowest BCUT2D eigenvalue weighted by Gasteiger charge is -2.14. The zero-order valence-corrected chi connectivity index (χ0v) is 16.8. The van der Waals surface area contributed by atoms with Crippen LogP contribution >= 0.6 is 11.6 Å². The van der Waals surface area contributed by atoms with Crippen LogP contribution in [0.3, 0.4) is 0 Å². The first-order valence-corrected chi connectivity index (χ1v) is 9.68. The van der Waals surface area contributed by atoms with Crippen molar-refractivity contribution in [1.29, 1.82) is 0 Å². The van der Waals surface area contributed by atoms with Gasteiger partial charge in [-0.25, -0.2) is 0 Å². The molecule has 0 saturated heterocycles. The molecular weight excluding hydrogens is 390 g/mol. The number of amides is 1. The van der Waals surface area contributed by atoms with Gasteiger partial charge in [-0.15, -0.1) is 0 Å². The fraction of sp³-hybridized carbons (Fsp3) is 0.174. The number of anilines is 1. The first-order chi connectivity index (χ1) is 14.2. The van der Waals surface area contributed by atoms with Gasteiger partial charge in [0.1, 0.15) is 30.5 Å². The molecule has 3 aromatic carbocycles. The van der Waals surface area contributed by atoms with Gasteiger partial charge in [0.25, 0.3) is 5.91 Å². The number of carbonyl (C=O) groups is 1. The Morgan fingerprint density at radius 3 is 2.38 bits per heavy atom. The fourth-order valence-electron chi connectivity index (χ4n) is 2.68. The van der Waals surface area contributed by atoms with Crippen molar-refractivity contribution in [3.63, 3.8) is 0 Å². The third kappa shape index (κ3) is 5.90. The van der Waals surface area contributed by atoms with Gasteiger partial charge in [0.2, 0.25) is 0 Å². The van der Waals surface area contributed by atoms with E-state index in [9.17, 15) is 4.79 Å². The maximum absolute atomic E-state index is 12.8. The Balaban J connectivity index is 1.65. The number of halogens is 1. The van der Waals surface area contributed by atoms with E-state index in [1.165, 1.54) is 0 Å². The van der Waals surface area contributed by atoms with Crippen molar-refractivity contribution in [3.05, 3.63) is 83.4 Å². The molecule has 3 rings (SSSR count). The summed E-state index contributed by atoms with van der Waals surface area (Å²) in [5.74, 6) is 1.49. The summed E-state index contributed by atoms with van der Waals surface area (Å²) in [7, 11) is 0. The predicted molar refractivity (Wildman–Crippen MR) is 114 cm³/mol. The van der Waals surface area contributed by atoms with Crippen LogP contribution in [0.4, 0.5) is 5.69 Å². The Labute approximate surface area is 175 Å². The molecule has 29 heavy (non-hydrogen) atoms. The molecule has 5 nitrogen and oxygen atoms in total. The molecule has 0 spiro atoms. The van der Waals surface area contributed by atoms with Crippen LogP contribution in [0.15, 0.2) is 72.8 Å². The molecular formula is C23H22ClNO4. The topological polar surface area (TPSA) is 56.8 Å². The number of carbonyl (C=O) groups excluding carboxylic acids is 1. The van der Waals surface area contributed by atoms with Crippen molar-refractivity contribution >= 4 is 23.2 Å². The van der Waals surface area contributed by atoms with E-state index in [1.807, 2.05) is 43.3 Å². The summed E-state index contributed by atoms with van der Waals surface area (Å²) in [5.41, 5.74) is 0.918. The predicted octanol–water partition coefficient (Wildman–Crippen LogP) is 5.45. The van der Waals surface area contributed by atoms with Gasteiger partial charge in [0, 0.05) is 5.02 Å². The van der Waals surface area contributed by atoms with Gasteiger partial charge >= 0.3 is 0 Å². The molecule has 6 heteroatoms. The molecule has 0 heterocycles. The van der Waals surface area contributed by atoms with Crippen molar-refractivity contribution in [2.75, 3.05) is 25.1 Å². The van der Waals surface area contributed by atoms with Crippen molar-refractivity contribution in [2.45, 2.75) is 6.92 Å². The van der Waals surface area contributed by atoms with E-state index in [-0.39, 0.29) is 5.91 Å². The highest BCUT2D eigenvalue weighted by molar-refractivity contribution is 6.31. The number of hydrogen-bond donors (Lipinski definition) is 1. The average Bonchev–Trinajstić information content (AvgIpc) is 2.74. The molecule has 3 aromatic rings. The highest BCUT2D eigenvalue weighted by Crippen LogP contribution is 2.29. The van der Waals surface area contributed by atoms with Gasteiger partial charge in [-0.1, -0.05) is 41.9 Å². The maximum Gasteiger partial charge on any atom is 0.259 e. The van der Waals surface area contributed by atoms with Crippen molar-refractivity contribution in [2.24, 2.45) is 0 Å². The van der Waals surface area contributed by atoms with Gasteiger partial charge in [0.05, 0.1) is 17.9 Å². The van der Waals surface area contributed by atoms with Crippen LogP contribution in [0.5, 0.6) is 17.2 Å². The molecule has 0 fully saturated rings. The van der Waals surface area contributed by atoms with E-state index in [2.05, 4.69) is 5.32 Å². The van der Waals surface area contributed by atoms with E-state index in [0.717, 1.165) is 5.75 Å². The summed E-state index contributed by atoms with van der Waals surface area (Å²) in [5, 5.41) is 3.36. The second-order valence-corrected chi connectivity index (χ2v) is 6.47. The first kappa shape index (κ1) is 20.6. The van der Waals surface area contributed by atoms with Crippen LogP contribution in [0.2, 0.25) is 5.02 Å². The smallest absolute Gasteiger partial charge is 0.259 e. The molecule has 150 valence electrons. The SMILES string of the molecule is CCOc1ccc(Cl)cc1NC(=O)c1ccccc1OCCOc1ccccc1. The lowest BCUT2D eigenvalue weighted by atomic mass is 10.1.